The van der Waals surface area contributed by atoms with E-state index in [0.717, 1.165) is 0 Å². The molecule has 0 aliphatic carbocycles. The van der Waals surface area contributed by atoms with Crippen molar-refractivity contribution in [2.24, 2.45) is 10.8 Å². The Morgan fingerprint density at radius 3 is 0.478 bits per heavy atom. The van der Waals surface area contributed by atoms with Crippen molar-refractivity contribution >= 4 is 87.6 Å². The van der Waals surface area contributed by atoms with Crippen LogP contribution in [0.4, 0.5) is 0 Å². The molecule has 0 saturated heterocycles. The van der Waals surface area contributed by atoms with Crippen LogP contribution in [0, 0.1) is 10.8 Å². The van der Waals surface area contributed by atoms with Gasteiger partial charge in [0, 0.05) is 10.8 Å². The second-order valence-corrected chi connectivity index (χ2v) is 19.7. The third kappa shape index (κ3) is 34.9. The number of carboxylic acid groups (broad SMARTS) is 4. The van der Waals surface area contributed by atoms with Gasteiger partial charge >= 0.3 is 23.9 Å². The molecule has 0 atom stereocenters. The number of aliphatic carboxylic acids is 4. The summed E-state index contributed by atoms with van der Waals surface area (Å²) in [5, 5.41) is 84.8. The zero-order valence-corrected chi connectivity index (χ0v) is 34.6. The molecule has 0 heterocycles. The van der Waals surface area contributed by atoms with Crippen LogP contribution in [0.25, 0.3) is 0 Å². The molecule has 0 amide bonds. The van der Waals surface area contributed by atoms with Gasteiger partial charge in [0.15, 0.2) is 0 Å². The van der Waals surface area contributed by atoms with E-state index in [2.05, 4.69) is 63.7 Å². The quantitative estimate of drug-likeness (QED) is 0.125. The van der Waals surface area contributed by atoms with E-state index in [-0.39, 0.29) is 39.6 Å². The molecule has 10 N–H and O–H groups in total. The Bertz CT molecular complexity index is 669. The molecule has 0 rings (SSSR count). The van der Waals surface area contributed by atoms with Crippen LogP contribution in [0.15, 0.2) is 0 Å². The highest BCUT2D eigenvalue weighted by Gasteiger charge is 2.26. The summed E-state index contributed by atoms with van der Waals surface area (Å²) < 4.78 is -3.08. The second kappa shape index (κ2) is 27.4. The summed E-state index contributed by atoms with van der Waals surface area (Å²) in [5.41, 5.74) is -1.33. The van der Waals surface area contributed by atoms with E-state index in [9.17, 15) is 19.2 Å². The lowest BCUT2D eigenvalue weighted by atomic mass is 9.88. The Kier molecular flexibility index (Phi) is 34.4. The molecule has 0 radical (unpaired) electrons. The van der Waals surface area contributed by atoms with E-state index < -0.39 is 52.0 Å². The molecule has 0 bridgehead atoms. The zero-order chi connectivity index (χ0) is 39.0. The van der Waals surface area contributed by atoms with Crippen LogP contribution in [-0.4, -0.2) is 132 Å². The SMILES string of the molecule is CC(C)(Br)C(=O)O.CC(C)(Br)C(=O)O.CC(C)(Br)C(=O)O.CC(C)(Br)C(=O)O.CCC(CO)(CO)CO.CCC(CO)(CO)CO. The number of carboxylic acids is 4. The first-order valence-corrected chi connectivity index (χ1v) is 16.8. The van der Waals surface area contributed by atoms with Crippen LogP contribution in [-0.2, 0) is 19.2 Å². The highest BCUT2D eigenvalue weighted by molar-refractivity contribution is 9.10. The van der Waals surface area contributed by atoms with Crippen molar-refractivity contribution in [3.05, 3.63) is 0 Å². The molecule has 0 spiro atoms. The number of aliphatic hydroxyl groups excluding tert-OH is 6. The van der Waals surface area contributed by atoms with Gasteiger partial charge in [0.1, 0.15) is 17.3 Å². The minimum Gasteiger partial charge on any atom is -0.480 e. The van der Waals surface area contributed by atoms with Crippen LogP contribution >= 0.6 is 63.7 Å². The number of aliphatic hydroxyl groups is 6. The monoisotopic (exact) mass is 932 g/mol. The normalized spacial score (nSPS) is 11.6. The molecule has 0 aromatic heterocycles. The lowest BCUT2D eigenvalue weighted by molar-refractivity contribution is -0.139. The van der Waals surface area contributed by atoms with Crippen molar-refractivity contribution in [2.45, 2.75) is 99.4 Å². The van der Waals surface area contributed by atoms with Gasteiger partial charge in [-0.05, 0) is 68.2 Å². The van der Waals surface area contributed by atoms with Crippen LogP contribution in [0.2, 0.25) is 0 Å². The molecule has 280 valence electrons. The largest absolute Gasteiger partial charge is 0.480 e. The van der Waals surface area contributed by atoms with Gasteiger partial charge in [-0.3, -0.25) is 19.2 Å². The molecule has 0 saturated carbocycles. The third-order valence-corrected chi connectivity index (χ3v) is 6.90. The summed E-state index contributed by atoms with van der Waals surface area (Å²) in [4.78, 5) is 39.9. The summed E-state index contributed by atoms with van der Waals surface area (Å²) in [7, 11) is 0. The Balaban J connectivity index is -0.000000105. The average Bonchev–Trinajstić information content (AvgIpc) is 2.91. The smallest absolute Gasteiger partial charge is 0.319 e. The molecule has 0 aliphatic heterocycles. The number of hydrogen-bond acceptors (Lipinski definition) is 10. The fourth-order valence-electron chi connectivity index (χ4n) is 0.971. The van der Waals surface area contributed by atoms with Gasteiger partial charge in [0.2, 0.25) is 0 Å². The standard InChI is InChI=1S/2C6H14O3.4C4H7BrO2/c2*1-2-6(3-7,4-8)5-9;4*1-4(2,5)3(6)7/h2*7-9H,2-5H2,1H3;4*1-2H3,(H,6,7). The van der Waals surface area contributed by atoms with Crippen LogP contribution in [0.3, 0.4) is 0 Å². The van der Waals surface area contributed by atoms with E-state index in [1.165, 1.54) is 0 Å². The molecule has 0 aromatic carbocycles. The van der Waals surface area contributed by atoms with E-state index in [4.69, 9.17) is 51.1 Å². The average molecular weight is 936 g/mol. The maximum atomic E-state index is 9.97. The van der Waals surface area contributed by atoms with Crippen molar-refractivity contribution in [3.63, 3.8) is 0 Å². The van der Waals surface area contributed by atoms with Crippen LogP contribution in [0.5, 0.6) is 0 Å². The van der Waals surface area contributed by atoms with Gasteiger partial charge in [0.05, 0.1) is 39.6 Å². The van der Waals surface area contributed by atoms with Crippen LogP contribution < -0.4 is 0 Å². The maximum Gasteiger partial charge on any atom is 0.319 e. The van der Waals surface area contributed by atoms with Gasteiger partial charge < -0.3 is 51.1 Å². The fourth-order valence-corrected chi connectivity index (χ4v) is 0.971. The van der Waals surface area contributed by atoms with Crippen molar-refractivity contribution in [1.29, 1.82) is 0 Å². The van der Waals surface area contributed by atoms with Crippen molar-refractivity contribution in [1.82, 2.24) is 0 Å². The topological polar surface area (TPSA) is 271 Å². The molecule has 46 heavy (non-hydrogen) atoms. The molecule has 0 aromatic rings. The Morgan fingerprint density at radius 1 is 0.391 bits per heavy atom. The van der Waals surface area contributed by atoms with Gasteiger partial charge in [0.25, 0.3) is 0 Å². The molecular weight excluding hydrogens is 880 g/mol. The van der Waals surface area contributed by atoms with Crippen LogP contribution in [0.1, 0.15) is 82.1 Å². The molecular formula is C28H56Br4O14. The first-order chi connectivity index (χ1) is 20.3. The lowest BCUT2D eigenvalue weighted by Gasteiger charge is -2.24. The van der Waals surface area contributed by atoms with E-state index in [1.54, 1.807) is 55.4 Å². The molecule has 0 aliphatic rings. The Labute approximate surface area is 306 Å². The number of alkyl halides is 4. The summed E-state index contributed by atoms with van der Waals surface area (Å²) in [6.07, 6.45) is 1.19. The minimum atomic E-state index is -0.840. The third-order valence-electron chi connectivity index (χ3n) is 5.55. The van der Waals surface area contributed by atoms with Crippen molar-refractivity contribution < 1.29 is 70.2 Å². The zero-order valence-electron chi connectivity index (χ0n) is 28.3. The summed E-state index contributed by atoms with van der Waals surface area (Å²) in [5.74, 6) is -3.36. The molecule has 14 nitrogen and oxygen atoms in total. The molecule has 18 heteroatoms. The predicted molar refractivity (Wildman–Crippen MR) is 191 cm³/mol. The van der Waals surface area contributed by atoms with Gasteiger partial charge in [-0.2, -0.15) is 0 Å². The number of halogens is 4. The number of rotatable bonds is 12. The fraction of sp³-hybridized carbons (Fsp3) is 0.857. The number of carbonyl (C=O) groups is 4. The highest BCUT2D eigenvalue weighted by Crippen LogP contribution is 2.19. The first-order valence-electron chi connectivity index (χ1n) is 13.6. The van der Waals surface area contributed by atoms with E-state index in [0.29, 0.717) is 12.8 Å². The van der Waals surface area contributed by atoms with Crippen molar-refractivity contribution in [2.75, 3.05) is 39.6 Å². The first kappa shape index (κ1) is 57.8. The lowest BCUT2D eigenvalue weighted by Crippen LogP contribution is -2.32. The highest BCUT2D eigenvalue weighted by atomic mass is 79.9. The molecule has 0 fully saturated rings. The van der Waals surface area contributed by atoms with E-state index in [1.807, 2.05) is 13.8 Å². The Hall–Kier alpha value is -0.440. The maximum absolute atomic E-state index is 9.97. The summed E-state index contributed by atoms with van der Waals surface area (Å²) in [6.45, 7) is 15.3. The van der Waals surface area contributed by atoms with Gasteiger partial charge in [-0.15, -0.1) is 0 Å². The van der Waals surface area contributed by atoms with Gasteiger partial charge in [-0.1, -0.05) is 77.6 Å². The summed E-state index contributed by atoms with van der Waals surface area (Å²) in [6, 6.07) is 0. The predicted octanol–water partition coefficient (Wildman–Crippen LogP) is 3.70. The number of hydrogen-bond donors (Lipinski definition) is 10. The second-order valence-electron chi connectivity index (χ2n) is 11.8. The van der Waals surface area contributed by atoms with E-state index >= 15 is 0 Å². The van der Waals surface area contributed by atoms with Crippen molar-refractivity contribution in [3.8, 4) is 0 Å². The molecule has 0 unspecified atom stereocenters. The van der Waals surface area contributed by atoms with Gasteiger partial charge in [-0.25, -0.2) is 0 Å². The summed E-state index contributed by atoms with van der Waals surface area (Å²) >= 11 is 11.8. The Morgan fingerprint density at radius 2 is 0.478 bits per heavy atom. The minimum absolute atomic E-state index is 0.156.